The van der Waals surface area contributed by atoms with E-state index in [0.717, 1.165) is 43.1 Å². The number of hydrogen-bond acceptors (Lipinski definition) is 4. The number of nitrogens with zero attached hydrogens (tertiary/aromatic N) is 4. The highest BCUT2D eigenvalue weighted by Gasteiger charge is 2.20. The van der Waals surface area contributed by atoms with Crippen LogP contribution in [0.3, 0.4) is 0 Å². The van der Waals surface area contributed by atoms with Crippen molar-refractivity contribution >= 4 is 5.65 Å². The van der Waals surface area contributed by atoms with E-state index in [0.29, 0.717) is 17.0 Å². The van der Waals surface area contributed by atoms with Gasteiger partial charge >= 0.3 is 5.69 Å². The Balaban J connectivity index is 1.98. The number of pyridine rings is 1. The quantitative estimate of drug-likeness (QED) is 0.735. The van der Waals surface area contributed by atoms with Crippen LogP contribution in [0.25, 0.3) is 17.0 Å². The molecule has 0 atom stereocenters. The first-order chi connectivity index (χ1) is 10.2. The second-order valence-electron chi connectivity index (χ2n) is 5.15. The van der Waals surface area contributed by atoms with Gasteiger partial charge in [0, 0.05) is 17.3 Å². The molecular formula is C14H12FN5O. The molecule has 0 fully saturated rings. The van der Waals surface area contributed by atoms with E-state index in [1.807, 2.05) is 0 Å². The van der Waals surface area contributed by atoms with Crippen LogP contribution in [-0.4, -0.2) is 24.6 Å². The molecule has 3 aromatic heterocycles. The average Bonchev–Trinajstić information content (AvgIpc) is 2.87. The molecule has 1 aliphatic carbocycles. The van der Waals surface area contributed by atoms with Gasteiger partial charge in [-0.05, 0) is 31.7 Å². The topological polar surface area (TPSA) is 75.9 Å². The van der Waals surface area contributed by atoms with Crippen LogP contribution in [-0.2, 0) is 12.8 Å². The standard InChI is InChI=1S/C14H12FN5O/c15-9-5-8(6-16-7-9)12-17-13-10-3-1-2-4-11(10)19-20(13)14(21)18-12/h5-7H,1-4H2,(H,17,18,21). The Labute approximate surface area is 118 Å². The number of aromatic nitrogens is 5. The van der Waals surface area contributed by atoms with E-state index in [1.165, 1.54) is 16.8 Å². The Kier molecular flexibility index (Phi) is 2.60. The number of aromatic amines is 1. The minimum absolute atomic E-state index is 0.313. The first-order valence-electron chi connectivity index (χ1n) is 6.84. The predicted octanol–water partition coefficient (Wildman–Crippen LogP) is 1.50. The smallest absolute Gasteiger partial charge is 0.290 e. The van der Waals surface area contributed by atoms with Crippen LogP contribution >= 0.6 is 0 Å². The molecule has 21 heavy (non-hydrogen) atoms. The van der Waals surface area contributed by atoms with Gasteiger partial charge in [-0.1, -0.05) is 0 Å². The summed E-state index contributed by atoms with van der Waals surface area (Å²) in [6, 6.07) is 1.30. The summed E-state index contributed by atoms with van der Waals surface area (Å²) < 4.78 is 14.6. The number of aryl methyl sites for hydroxylation is 2. The minimum atomic E-state index is -0.467. The van der Waals surface area contributed by atoms with Gasteiger partial charge in [0.2, 0.25) is 0 Å². The second kappa shape index (κ2) is 4.47. The molecule has 0 radical (unpaired) electrons. The Morgan fingerprint density at radius 1 is 1.24 bits per heavy atom. The zero-order valence-corrected chi connectivity index (χ0v) is 11.1. The van der Waals surface area contributed by atoms with Gasteiger partial charge in [0.15, 0.2) is 5.65 Å². The van der Waals surface area contributed by atoms with Crippen molar-refractivity contribution in [2.45, 2.75) is 25.7 Å². The molecule has 1 N–H and O–H groups in total. The summed E-state index contributed by atoms with van der Waals surface area (Å²) in [5.41, 5.74) is 2.61. The van der Waals surface area contributed by atoms with Crippen molar-refractivity contribution in [2.75, 3.05) is 0 Å². The Bertz CT molecular complexity index is 898. The third kappa shape index (κ3) is 1.93. The maximum absolute atomic E-state index is 13.3. The first-order valence-corrected chi connectivity index (χ1v) is 6.84. The summed E-state index contributed by atoms with van der Waals surface area (Å²) in [7, 11) is 0. The Hall–Kier alpha value is -2.57. The van der Waals surface area contributed by atoms with E-state index >= 15 is 0 Å². The van der Waals surface area contributed by atoms with Crippen LogP contribution in [0.15, 0.2) is 23.3 Å². The molecular weight excluding hydrogens is 273 g/mol. The summed E-state index contributed by atoms with van der Waals surface area (Å²) in [6.07, 6.45) is 6.47. The van der Waals surface area contributed by atoms with Gasteiger partial charge in [0.1, 0.15) is 11.6 Å². The fourth-order valence-electron chi connectivity index (χ4n) is 2.76. The Morgan fingerprint density at radius 3 is 2.95 bits per heavy atom. The fourth-order valence-corrected chi connectivity index (χ4v) is 2.76. The molecule has 0 unspecified atom stereocenters. The number of hydrogen-bond donors (Lipinski definition) is 1. The summed E-state index contributed by atoms with van der Waals surface area (Å²) in [6.45, 7) is 0. The van der Waals surface area contributed by atoms with Crippen molar-refractivity contribution in [3.8, 4) is 11.4 Å². The molecule has 0 aliphatic heterocycles. The van der Waals surface area contributed by atoms with Crippen LogP contribution in [0.4, 0.5) is 4.39 Å². The molecule has 7 heteroatoms. The second-order valence-corrected chi connectivity index (χ2v) is 5.15. The third-order valence-electron chi connectivity index (χ3n) is 3.74. The van der Waals surface area contributed by atoms with Gasteiger partial charge in [-0.25, -0.2) is 14.2 Å². The van der Waals surface area contributed by atoms with E-state index in [1.54, 1.807) is 0 Å². The molecule has 0 saturated carbocycles. The molecule has 106 valence electrons. The fraction of sp³-hybridized carbons (Fsp3) is 0.286. The lowest BCUT2D eigenvalue weighted by Gasteiger charge is -2.08. The zero-order valence-electron chi connectivity index (χ0n) is 11.1. The van der Waals surface area contributed by atoms with E-state index < -0.39 is 5.82 Å². The normalized spacial score (nSPS) is 14.3. The van der Waals surface area contributed by atoms with Crippen LogP contribution in [0.2, 0.25) is 0 Å². The maximum atomic E-state index is 13.3. The third-order valence-corrected chi connectivity index (χ3v) is 3.74. The highest BCUT2D eigenvalue weighted by Crippen LogP contribution is 2.24. The molecule has 3 aromatic rings. The van der Waals surface area contributed by atoms with Crippen molar-refractivity contribution in [2.24, 2.45) is 0 Å². The summed E-state index contributed by atoms with van der Waals surface area (Å²) in [5, 5.41) is 4.33. The SMILES string of the molecule is O=c1[nH]c(-c2cncc(F)c2)nc2c3c(nn12)CCCC3. The first kappa shape index (κ1) is 12.2. The van der Waals surface area contributed by atoms with Gasteiger partial charge in [-0.3, -0.25) is 9.97 Å². The minimum Gasteiger partial charge on any atom is -0.290 e. The number of rotatable bonds is 1. The maximum Gasteiger partial charge on any atom is 0.349 e. The molecule has 0 aromatic carbocycles. The molecule has 6 nitrogen and oxygen atoms in total. The lowest BCUT2D eigenvalue weighted by atomic mass is 9.98. The number of nitrogens with one attached hydrogen (secondary N) is 1. The highest BCUT2D eigenvalue weighted by molar-refractivity contribution is 5.59. The number of fused-ring (bicyclic) bond motifs is 3. The molecule has 1 aliphatic rings. The molecule has 0 bridgehead atoms. The lowest BCUT2D eigenvalue weighted by Crippen LogP contribution is -2.19. The molecule has 0 spiro atoms. The zero-order chi connectivity index (χ0) is 14.4. The van der Waals surface area contributed by atoms with Crippen molar-refractivity contribution in [1.82, 2.24) is 24.6 Å². The van der Waals surface area contributed by atoms with E-state index in [2.05, 4.69) is 20.1 Å². The largest absolute Gasteiger partial charge is 0.349 e. The Morgan fingerprint density at radius 2 is 2.10 bits per heavy atom. The lowest BCUT2D eigenvalue weighted by molar-refractivity contribution is 0.621. The summed E-state index contributed by atoms with van der Waals surface area (Å²) in [5.74, 6) is -0.154. The molecule has 0 saturated heterocycles. The van der Waals surface area contributed by atoms with Gasteiger partial charge in [0.05, 0.1) is 11.9 Å². The van der Waals surface area contributed by atoms with Crippen molar-refractivity contribution in [3.63, 3.8) is 0 Å². The van der Waals surface area contributed by atoms with Gasteiger partial charge in [-0.2, -0.15) is 9.61 Å². The molecule has 3 heterocycles. The van der Waals surface area contributed by atoms with Crippen LogP contribution in [0, 0.1) is 5.82 Å². The summed E-state index contributed by atoms with van der Waals surface area (Å²) >= 11 is 0. The number of H-pyrrole nitrogens is 1. The van der Waals surface area contributed by atoms with Crippen LogP contribution in [0.5, 0.6) is 0 Å². The average molecular weight is 285 g/mol. The van der Waals surface area contributed by atoms with Crippen LogP contribution in [0.1, 0.15) is 24.1 Å². The molecule has 0 amide bonds. The summed E-state index contributed by atoms with van der Waals surface area (Å²) in [4.78, 5) is 23.0. The van der Waals surface area contributed by atoms with Gasteiger partial charge in [0.25, 0.3) is 0 Å². The highest BCUT2D eigenvalue weighted by atomic mass is 19.1. The van der Waals surface area contributed by atoms with Gasteiger partial charge < -0.3 is 0 Å². The monoisotopic (exact) mass is 285 g/mol. The predicted molar refractivity (Wildman–Crippen MR) is 73.4 cm³/mol. The van der Waals surface area contributed by atoms with Crippen LogP contribution < -0.4 is 5.69 Å². The van der Waals surface area contributed by atoms with Crippen molar-refractivity contribution in [1.29, 1.82) is 0 Å². The van der Waals surface area contributed by atoms with Crippen molar-refractivity contribution in [3.05, 3.63) is 46.0 Å². The molecule has 4 rings (SSSR count). The van der Waals surface area contributed by atoms with E-state index in [-0.39, 0.29) is 5.69 Å². The van der Waals surface area contributed by atoms with E-state index in [9.17, 15) is 9.18 Å². The van der Waals surface area contributed by atoms with Gasteiger partial charge in [-0.15, -0.1) is 0 Å². The van der Waals surface area contributed by atoms with Crippen molar-refractivity contribution < 1.29 is 4.39 Å². The number of halogens is 1. The van der Waals surface area contributed by atoms with E-state index in [4.69, 9.17) is 0 Å².